The lowest BCUT2D eigenvalue weighted by Gasteiger charge is -2.41. The van der Waals surface area contributed by atoms with Crippen LogP contribution in [0.5, 0.6) is 0 Å². The number of hydrogen-bond acceptors (Lipinski definition) is 1. The molecule has 1 N–H and O–H groups in total. The van der Waals surface area contributed by atoms with Crippen LogP contribution in [0.4, 0.5) is 0 Å². The number of hydrogen-bond donors (Lipinski definition) is 1. The van der Waals surface area contributed by atoms with Gasteiger partial charge < -0.3 is 5.32 Å². The Balaban J connectivity index is 2.00. The van der Waals surface area contributed by atoms with Crippen LogP contribution in [0, 0.1) is 11.3 Å². The Morgan fingerprint density at radius 3 is 2.63 bits per heavy atom. The molecule has 3 atom stereocenters. The van der Waals surface area contributed by atoms with Crippen molar-refractivity contribution in [3.8, 4) is 0 Å². The zero-order valence-corrected chi connectivity index (χ0v) is 14.1. The Labute approximate surface area is 126 Å². The lowest BCUT2D eigenvalue weighted by atomic mass is 9.70. The maximum absolute atomic E-state index is 3.83. The second-order valence-electron chi connectivity index (χ2n) is 6.90. The Morgan fingerprint density at radius 2 is 2.00 bits per heavy atom. The van der Waals surface area contributed by atoms with Gasteiger partial charge in [0.05, 0.1) is 0 Å². The Bertz CT molecular complexity index is 427. The Hall–Kier alpha value is -0.340. The SMILES string of the molecule is CC(NC1CCC(C)(C)CC1C)c1ccccc1Br. The van der Waals surface area contributed by atoms with Crippen LogP contribution in [0.15, 0.2) is 28.7 Å². The quantitative estimate of drug-likeness (QED) is 0.794. The molecule has 1 aliphatic rings. The summed E-state index contributed by atoms with van der Waals surface area (Å²) in [6, 6.07) is 9.58. The van der Waals surface area contributed by atoms with Gasteiger partial charge in [-0.25, -0.2) is 0 Å². The second kappa shape index (κ2) is 5.97. The molecular weight excluding hydrogens is 298 g/mol. The van der Waals surface area contributed by atoms with Crippen molar-refractivity contribution in [3.05, 3.63) is 34.3 Å². The molecule has 3 unspecified atom stereocenters. The molecule has 1 nitrogen and oxygen atoms in total. The minimum atomic E-state index is 0.407. The molecule has 0 aromatic heterocycles. The predicted molar refractivity (Wildman–Crippen MR) is 86.3 cm³/mol. The molecule has 0 aliphatic heterocycles. The van der Waals surface area contributed by atoms with Gasteiger partial charge in [-0.3, -0.25) is 0 Å². The molecule has 1 saturated carbocycles. The van der Waals surface area contributed by atoms with Gasteiger partial charge >= 0.3 is 0 Å². The fraction of sp³-hybridized carbons (Fsp3) is 0.647. The second-order valence-corrected chi connectivity index (χ2v) is 7.75. The van der Waals surface area contributed by atoms with Gasteiger partial charge in [0, 0.05) is 16.6 Å². The summed E-state index contributed by atoms with van der Waals surface area (Å²) in [5, 5.41) is 3.83. The molecule has 106 valence electrons. The van der Waals surface area contributed by atoms with E-state index in [1.165, 1.54) is 29.3 Å². The number of nitrogens with one attached hydrogen (secondary N) is 1. The molecule has 0 spiro atoms. The Kier molecular flexibility index (Phi) is 4.73. The summed E-state index contributed by atoms with van der Waals surface area (Å²) in [6.45, 7) is 9.46. The van der Waals surface area contributed by atoms with Crippen molar-refractivity contribution in [2.45, 2.75) is 59.0 Å². The highest BCUT2D eigenvalue weighted by atomic mass is 79.9. The first-order chi connectivity index (χ1) is 8.89. The number of rotatable bonds is 3. The summed E-state index contributed by atoms with van der Waals surface area (Å²) < 4.78 is 1.21. The van der Waals surface area contributed by atoms with Crippen LogP contribution in [0.1, 0.15) is 58.6 Å². The van der Waals surface area contributed by atoms with Crippen molar-refractivity contribution in [1.82, 2.24) is 5.32 Å². The fourth-order valence-electron chi connectivity index (χ4n) is 3.43. The third-order valence-corrected chi connectivity index (χ3v) is 5.25. The molecule has 2 heteroatoms. The molecule has 1 aromatic rings. The van der Waals surface area contributed by atoms with Gasteiger partial charge in [-0.15, -0.1) is 0 Å². The van der Waals surface area contributed by atoms with E-state index >= 15 is 0 Å². The van der Waals surface area contributed by atoms with E-state index in [0.717, 1.165) is 5.92 Å². The van der Waals surface area contributed by atoms with Crippen LogP contribution in [-0.2, 0) is 0 Å². The summed E-state index contributed by atoms with van der Waals surface area (Å²) in [4.78, 5) is 0. The van der Waals surface area contributed by atoms with Gasteiger partial charge in [-0.1, -0.05) is 54.9 Å². The van der Waals surface area contributed by atoms with Crippen LogP contribution in [0.25, 0.3) is 0 Å². The summed E-state index contributed by atoms with van der Waals surface area (Å²) in [5.41, 5.74) is 1.88. The van der Waals surface area contributed by atoms with Crippen molar-refractivity contribution in [1.29, 1.82) is 0 Å². The minimum absolute atomic E-state index is 0.407. The van der Waals surface area contributed by atoms with E-state index in [4.69, 9.17) is 0 Å². The topological polar surface area (TPSA) is 12.0 Å². The van der Waals surface area contributed by atoms with Gasteiger partial charge in [-0.05, 0) is 49.1 Å². The first-order valence-electron chi connectivity index (χ1n) is 7.39. The van der Waals surface area contributed by atoms with Crippen LogP contribution < -0.4 is 5.32 Å². The van der Waals surface area contributed by atoms with Gasteiger partial charge in [0.15, 0.2) is 0 Å². The third kappa shape index (κ3) is 3.82. The van der Waals surface area contributed by atoms with Crippen molar-refractivity contribution >= 4 is 15.9 Å². The lowest BCUT2D eigenvalue weighted by molar-refractivity contribution is 0.142. The van der Waals surface area contributed by atoms with E-state index in [0.29, 0.717) is 17.5 Å². The predicted octanol–water partition coefficient (Wildman–Crippen LogP) is 5.31. The fourth-order valence-corrected chi connectivity index (χ4v) is 4.06. The maximum atomic E-state index is 3.83. The molecule has 19 heavy (non-hydrogen) atoms. The zero-order valence-electron chi connectivity index (χ0n) is 12.5. The average Bonchev–Trinajstić information content (AvgIpc) is 2.32. The maximum Gasteiger partial charge on any atom is 0.0305 e. The highest BCUT2D eigenvalue weighted by molar-refractivity contribution is 9.10. The van der Waals surface area contributed by atoms with Crippen LogP contribution in [0.3, 0.4) is 0 Å². The molecular formula is C17H26BrN. The molecule has 0 radical (unpaired) electrons. The molecule has 1 fully saturated rings. The standard InChI is InChI=1S/C17H26BrN/c1-12-11-17(3,4)10-9-16(12)19-13(2)14-7-5-6-8-15(14)18/h5-8,12-13,16,19H,9-11H2,1-4H3. The van der Waals surface area contributed by atoms with E-state index in [1.54, 1.807) is 0 Å². The van der Waals surface area contributed by atoms with Gasteiger partial charge in [0.1, 0.15) is 0 Å². The molecule has 2 rings (SSSR count). The largest absolute Gasteiger partial charge is 0.307 e. The molecule has 1 aromatic carbocycles. The van der Waals surface area contributed by atoms with E-state index in [2.05, 4.69) is 73.2 Å². The normalized spacial score (nSPS) is 28.1. The number of halogens is 1. The van der Waals surface area contributed by atoms with Gasteiger partial charge in [-0.2, -0.15) is 0 Å². The van der Waals surface area contributed by atoms with Crippen molar-refractivity contribution in [3.63, 3.8) is 0 Å². The lowest BCUT2D eigenvalue weighted by Crippen LogP contribution is -2.42. The smallest absolute Gasteiger partial charge is 0.0305 e. The minimum Gasteiger partial charge on any atom is -0.307 e. The molecule has 0 saturated heterocycles. The number of benzene rings is 1. The van der Waals surface area contributed by atoms with Crippen molar-refractivity contribution < 1.29 is 0 Å². The zero-order chi connectivity index (χ0) is 14.0. The summed E-state index contributed by atoms with van der Waals surface area (Å²) >= 11 is 3.65. The molecule has 0 heterocycles. The molecule has 0 amide bonds. The summed E-state index contributed by atoms with van der Waals surface area (Å²) in [7, 11) is 0. The summed E-state index contributed by atoms with van der Waals surface area (Å²) in [5.74, 6) is 0.758. The first-order valence-corrected chi connectivity index (χ1v) is 8.19. The van der Waals surface area contributed by atoms with E-state index < -0.39 is 0 Å². The highest BCUT2D eigenvalue weighted by Gasteiger charge is 2.32. The van der Waals surface area contributed by atoms with Crippen LogP contribution >= 0.6 is 15.9 Å². The highest BCUT2D eigenvalue weighted by Crippen LogP contribution is 2.39. The van der Waals surface area contributed by atoms with Gasteiger partial charge in [0.25, 0.3) is 0 Å². The summed E-state index contributed by atoms with van der Waals surface area (Å²) in [6.07, 6.45) is 3.95. The van der Waals surface area contributed by atoms with Crippen LogP contribution in [0.2, 0.25) is 0 Å². The molecule has 0 bridgehead atoms. The third-order valence-electron chi connectivity index (χ3n) is 4.53. The monoisotopic (exact) mass is 323 g/mol. The average molecular weight is 324 g/mol. The van der Waals surface area contributed by atoms with Crippen molar-refractivity contribution in [2.24, 2.45) is 11.3 Å². The first kappa shape index (κ1) is 15.1. The van der Waals surface area contributed by atoms with E-state index in [9.17, 15) is 0 Å². The van der Waals surface area contributed by atoms with E-state index in [1.807, 2.05) is 0 Å². The Morgan fingerprint density at radius 1 is 1.32 bits per heavy atom. The van der Waals surface area contributed by atoms with Crippen LogP contribution in [-0.4, -0.2) is 6.04 Å². The van der Waals surface area contributed by atoms with Crippen molar-refractivity contribution in [2.75, 3.05) is 0 Å². The van der Waals surface area contributed by atoms with E-state index in [-0.39, 0.29) is 0 Å². The van der Waals surface area contributed by atoms with Gasteiger partial charge in [0.2, 0.25) is 0 Å². The molecule has 1 aliphatic carbocycles.